The van der Waals surface area contributed by atoms with Crippen molar-refractivity contribution in [1.82, 2.24) is 4.90 Å². The Balaban J connectivity index is 2.94. The van der Waals surface area contributed by atoms with Gasteiger partial charge in [0.25, 0.3) is 0 Å². The predicted octanol–water partition coefficient (Wildman–Crippen LogP) is 2.89. The van der Waals surface area contributed by atoms with E-state index in [1.165, 1.54) is 16.4 Å². The standard InChI is InChI=1S/C13H20NP/c1-5-14(4)10-12-9-7-8-11(3)13(12)15-6-2/h6-9,15H,2,5,10H2,1,3-4H3. The molecule has 0 saturated heterocycles. The van der Waals surface area contributed by atoms with E-state index in [9.17, 15) is 0 Å². The van der Waals surface area contributed by atoms with Gasteiger partial charge in [0.1, 0.15) is 0 Å². The molecule has 0 spiro atoms. The summed E-state index contributed by atoms with van der Waals surface area (Å²) < 4.78 is 0. The van der Waals surface area contributed by atoms with E-state index in [-0.39, 0.29) is 0 Å². The van der Waals surface area contributed by atoms with Crippen LogP contribution in [-0.4, -0.2) is 18.5 Å². The van der Waals surface area contributed by atoms with Gasteiger partial charge < -0.3 is 4.90 Å². The number of aryl methyl sites for hydroxylation is 1. The van der Waals surface area contributed by atoms with E-state index in [2.05, 4.69) is 50.6 Å². The maximum absolute atomic E-state index is 3.84. The second-order valence-electron chi connectivity index (χ2n) is 3.79. The molecule has 0 aliphatic rings. The van der Waals surface area contributed by atoms with Crippen molar-refractivity contribution in [3.63, 3.8) is 0 Å². The number of rotatable bonds is 5. The van der Waals surface area contributed by atoms with Gasteiger partial charge in [-0.25, -0.2) is 0 Å². The van der Waals surface area contributed by atoms with E-state index in [1.807, 2.05) is 5.82 Å². The molecule has 82 valence electrons. The quantitative estimate of drug-likeness (QED) is 0.691. The summed E-state index contributed by atoms with van der Waals surface area (Å²) in [4.78, 5) is 2.33. The van der Waals surface area contributed by atoms with Crippen LogP contribution in [0.5, 0.6) is 0 Å². The fraction of sp³-hybridized carbons (Fsp3) is 0.385. The van der Waals surface area contributed by atoms with Crippen molar-refractivity contribution in [2.24, 2.45) is 0 Å². The minimum absolute atomic E-state index is 0.723. The van der Waals surface area contributed by atoms with Crippen molar-refractivity contribution >= 4 is 13.9 Å². The highest BCUT2D eigenvalue weighted by Crippen LogP contribution is 2.18. The largest absolute Gasteiger partial charge is 0.302 e. The first-order valence-corrected chi connectivity index (χ1v) is 6.41. The summed E-state index contributed by atoms with van der Waals surface area (Å²) in [6.45, 7) is 10.3. The normalized spacial score (nSPS) is 11.5. The van der Waals surface area contributed by atoms with Gasteiger partial charge in [0.15, 0.2) is 0 Å². The van der Waals surface area contributed by atoms with Crippen LogP contribution in [0.4, 0.5) is 0 Å². The molecule has 1 aromatic rings. The molecule has 0 amide bonds. The maximum atomic E-state index is 3.84. The molecule has 1 atom stereocenters. The van der Waals surface area contributed by atoms with Crippen LogP contribution in [0.1, 0.15) is 18.1 Å². The molecule has 1 rings (SSSR count). The first kappa shape index (κ1) is 12.4. The van der Waals surface area contributed by atoms with Gasteiger partial charge in [0, 0.05) is 6.54 Å². The molecule has 0 fully saturated rings. The topological polar surface area (TPSA) is 3.24 Å². The van der Waals surface area contributed by atoms with Crippen molar-refractivity contribution < 1.29 is 0 Å². The Morgan fingerprint density at radius 3 is 2.80 bits per heavy atom. The van der Waals surface area contributed by atoms with Gasteiger partial charge in [-0.05, 0) is 36.9 Å². The van der Waals surface area contributed by atoms with Crippen molar-refractivity contribution in [3.8, 4) is 0 Å². The molecule has 0 N–H and O–H groups in total. The molecule has 0 aromatic heterocycles. The molecular weight excluding hydrogens is 201 g/mol. The van der Waals surface area contributed by atoms with Crippen molar-refractivity contribution in [3.05, 3.63) is 41.7 Å². The third-order valence-electron chi connectivity index (χ3n) is 2.59. The Labute approximate surface area is 95.0 Å². The molecular formula is C13H20NP. The van der Waals surface area contributed by atoms with E-state index in [0.717, 1.165) is 21.7 Å². The fourth-order valence-electron chi connectivity index (χ4n) is 1.57. The van der Waals surface area contributed by atoms with Gasteiger partial charge >= 0.3 is 0 Å². The van der Waals surface area contributed by atoms with Crippen LogP contribution in [0.25, 0.3) is 0 Å². The average Bonchev–Trinajstić information content (AvgIpc) is 2.23. The van der Waals surface area contributed by atoms with Gasteiger partial charge in [0.05, 0.1) is 0 Å². The third-order valence-corrected chi connectivity index (χ3v) is 3.79. The molecule has 1 nitrogen and oxygen atoms in total. The van der Waals surface area contributed by atoms with Gasteiger partial charge in [-0.2, -0.15) is 0 Å². The van der Waals surface area contributed by atoms with Crippen LogP contribution in [0.2, 0.25) is 0 Å². The Morgan fingerprint density at radius 1 is 1.47 bits per heavy atom. The summed E-state index contributed by atoms with van der Waals surface area (Å²) in [6, 6.07) is 6.55. The number of nitrogens with zero attached hydrogens (tertiary/aromatic N) is 1. The van der Waals surface area contributed by atoms with Crippen LogP contribution in [0.15, 0.2) is 30.6 Å². The molecule has 0 radical (unpaired) electrons. The highest BCUT2D eigenvalue weighted by molar-refractivity contribution is 7.50. The molecule has 15 heavy (non-hydrogen) atoms. The molecule has 2 heteroatoms. The third kappa shape index (κ3) is 3.44. The van der Waals surface area contributed by atoms with Crippen LogP contribution in [-0.2, 0) is 6.54 Å². The highest BCUT2D eigenvalue weighted by atomic mass is 31.1. The lowest BCUT2D eigenvalue weighted by Gasteiger charge is -2.17. The SMILES string of the molecule is C=CPc1c(C)cccc1CN(C)CC. The van der Waals surface area contributed by atoms with Gasteiger partial charge in [-0.1, -0.05) is 46.1 Å². The number of hydrogen-bond donors (Lipinski definition) is 0. The highest BCUT2D eigenvalue weighted by Gasteiger charge is 2.05. The summed E-state index contributed by atoms with van der Waals surface area (Å²) in [5.74, 6) is 2.01. The summed E-state index contributed by atoms with van der Waals surface area (Å²) >= 11 is 0. The molecule has 0 aliphatic carbocycles. The van der Waals surface area contributed by atoms with Crippen LogP contribution >= 0.6 is 8.58 Å². The molecule has 0 aliphatic heterocycles. The van der Waals surface area contributed by atoms with Gasteiger partial charge in [-0.15, -0.1) is 0 Å². The Bertz CT molecular complexity index is 333. The van der Waals surface area contributed by atoms with E-state index in [0.29, 0.717) is 0 Å². The van der Waals surface area contributed by atoms with E-state index < -0.39 is 0 Å². The Hall–Kier alpha value is -0.650. The Kier molecular flexibility index (Phi) is 5.01. The number of hydrogen-bond acceptors (Lipinski definition) is 1. The first-order chi connectivity index (χ1) is 7.19. The van der Waals surface area contributed by atoms with E-state index in [4.69, 9.17) is 0 Å². The lowest BCUT2D eigenvalue weighted by atomic mass is 10.1. The predicted molar refractivity (Wildman–Crippen MR) is 71.3 cm³/mol. The summed E-state index contributed by atoms with van der Waals surface area (Å²) in [7, 11) is 2.88. The summed E-state index contributed by atoms with van der Waals surface area (Å²) in [5.41, 5.74) is 2.83. The smallest absolute Gasteiger partial charge is 0.0237 e. The zero-order chi connectivity index (χ0) is 11.3. The average molecular weight is 221 g/mol. The van der Waals surface area contributed by atoms with Crippen LogP contribution in [0.3, 0.4) is 0 Å². The minimum atomic E-state index is 0.723. The van der Waals surface area contributed by atoms with Crippen LogP contribution in [0, 0.1) is 6.92 Å². The van der Waals surface area contributed by atoms with Crippen molar-refractivity contribution in [2.45, 2.75) is 20.4 Å². The monoisotopic (exact) mass is 221 g/mol. The van der Waals surface area contributed by atoms with Crippen LogP contribution < -0.4 is 5.30 Å². The minimum Gasteiger partial charge on any atom is -0.302 e. The maximum Gasteiger partial charge on any atom is 0.0237 e. The lowest BCUT2D eigenvalue weighted by Crippen LogP contribution is -2.21. The first-order valence-electron chi connectivity index (χ1n) is 5.33. The fourth-order valence-corrected chi connectivity index (χ4v) is 2.43. The second-order valence-corrected chi connectivity index (χ2v) is 4.98. The van der Waals surface area contributed by atoms with Crippen molar-refractivity contribution in [2.75, 3.05) is 13.6 Å². The molecule has 1 unspecified atom stereocenters. The molecule has 0 bridgehead atoms. The molecule has 0 heterocycles. The van der Waals surface area contributed by atoms with Gasteiger partial charge in [-0.3, -0.25) is 0 Å². The molecule has 0 saturated carbocycles. The second kappa shape index (κ2) is 6.05. The summed E-state index contributed by atoms with van der Waals surface area (Å²) in [5, 5.41) is 1.47. The molecule has 1 aromatic carbocycles. The van der Waals surface area contributed by atoms with Crippen molar-refractivity contribution in [1.29, 1.82) is 0 Å². The van der Waals surface area contributed by atoms with E-state index in [1.54, 1.807) is 0 Å². The van der Waals surface area contributed by atoms with Gasteiger partial charge in [0.2, 0.25) is 0 Å². The lowest BCUT2D eigenvalue weighted by molar-refractivity contribution is 0.346. The zero-order valence-electron chi connectivity index (χ0n) is 9.88. The number of benzene rings is 1. The zero-order valence-corrected chi connectivity index (χ0v) is 10.9. The summed E-state index contributed by atoms with van der Waals surface area (Å²) in [6.07, 6.45) is 0. The van der Waals surface area contributed by atoms with E-state index >= 15 is 0 Å². The Morgan fingerprint density at radius 2 is 2.20 bits per heavy atom.